The van der Waals surface area contributed by atoms with Crippen LogP contribution in [0.5, 0.6) is 0 Å². The lowest BCUT2D eigenvalue weighted by molar-refractivity contribution is -0.147. The van der Waals surface area contributed by atoms with E-state index in [-0.39, 0.29) is 24.6 Å². The van der Waals surface area contributed by atoms with Crippen molar-refractivity contribution in [1.29, 1.82) is 0 Å². The van der Waals surface area contributed by atoms with Gasteiger partial charge < -0.3 is 9.84 Å². The Kier molecular flexibility index (Phi) is 4.53. The molecule has 0 radical (unpaired) electrons. The molecule has 0 bridgehead atoms. The van der Waals surface area contributed by atoms with Gasteiger partial charge in [-0.05, 0) is 31.6 Å². The number of alkyl halides is 1. The molecule has 1 rings (SSSR count). The first-order valence-electron chi connectivity index (χ1n) is 4.61. The quantitative estimate of drug-likeness (QED) is 0.563. The molecule has 0 atom stereocenters. The van der Waals surface area contributed by atoms with Gasteiger partial charge in [0, 0.05) is 6.61 Å². The lowest BCUT2D eigenvalue weighted by Gasteiger charge is -2.25. The summed E-state index contributed by atoms with van der Waals surface area (Å²) >= 11 is 5.29. The average molecular weight is 207 g/mol. The number of halogens is 1. The van der Waals surface area contributed by atoms with Crippen molar-refractivity contribution in [2.45, 2.75) is 25.7 Å². The Hall–Kier alpha value is -0.280. The molecule has 76 valence electrons. The summed E-state index contributed by atoms with van der Waals surface area (Å²) in [4.78, 5) is 11.2. The first-order valence-corrected chi connectivity index (χ1v) is 5.14. The van der Waals surface area contributed by atoms with E-state index >= 15 is 0 Å². The van der Waals surface area contributed by atoms with E-state index in [9.17, 15) is 4.79 Å². The van der Waals surface area contributed by atoms with Gasteiger partial charge in [-0.2, -0.15) is 0 Å². The Morgan fingerprint density at radius 2 is 2.00 bits per heavy atom. The Morgan fingerprint density at radius 1 is 1.38 bits per heavy atom. The maximum Gasteiger partial charge on any atom is 0.310 e. The molecule has 0 spiro atoms. The van der Waals surface area contributed by atoms with Crippen LogP contribution in [0.1, 0.15) is 25.7 Å². The van der Waals surface area contributed by atoms with Crippen molar-refractivity contribution in [3.63, 3.8) is 0 Å². The first kappa shape index (κ1) is 10.8. The Labute approximate surface area is 83.0 Å². The van der Waals surface area contributed by atoms with Gasteiger partial charge in [-0.1, -0.05) is 11.6 Å². The van der Waals surface area contributed by atoms with E-state index < -0.39 is 0 Å². The minimum atomic E-state index is -0.189. The van der Waals surface area contributed by atoms with Gasteiger partial charge in [-0.25, -0.2) is 0 Å². The Morgan fingerprint density at radius 3 is 2.46 bits per heavy atom. The van der Waals surface area contributed by atoms with Crippen molar-refractivity contribution in [2.24, 2.45) is 11.8 Å². The standard InChI is InChI=1S/C9H15ClO3/c10-6-13-9(12)8-3-1-7(5-11)2-4-8/h7-8,11H,1-6H2. The molecule has 0 aromatic rings. The van der Waals surface area contributed by atoms with Gasteiger partial charge in [0.25, 0.3) is 0 Å². The summed E-state index contributed by atoms with van der Waals surface area (Å²) < 4.78 is 4.71. The fourth-order valence-electron chi connectivity index (χ4n) is 1.75. The van der Waals surface area contributed by atoms with E-state index in [1.807, 2.05) is 0 Å². The normalized spacial score (nSPS) is 28.5. The molecule has 1 saturated carbocycles. The number of aliphatic hydroxyl groups is 1. The third-order valence-corrected chi connectivity index (χ3v) is 2.74. The average Bonchev–Trinajstić information content (AvgIpc) is 2.18. The molecule has 1 fully saturated rings. The summed E-state index contributed by atoms with van der Waals surface area (Å²) in [5.41, 5.74) is 0. The number of carbonyl (C=O) groups excluding carboxylic acids is 1. The number of ether oxygens (including phenoxy) is 1. The lowest BCUT2D eigenvalue weighted by atomic mass is 9.82. The molecule has 0 aromatic heterocycles. The highest BCUT2D eigenvalue weighted by molar-refractivity contribution is 6.17. The lowest BCUT2D eigenvalue weighted by Crippen LogP contribution is -2.24. The highest BCUT2D eigenvalue weighted by Gasteiger charge is 2.26. The topological polar surface area (TPSA) is 46.5 Å². The second-order valence-electron chi connectivity index (χ2n) is 3.47. The van der Waals surface area contributed by atoms with Crippen molar-refractivity contribution < 1.29 is 14.6 Å². The molecule has 0 unspecified atom stereocenters. The molecule has 0 aromatic carbocycles. The van der Waals surface area contributed by atoms with Crippen LogP contribution >= 0.6 is 11.6 Å². The summed E-state index contributed by atoms with van der Waals surface area (Å²) in [6, 6.07) is -0.0568. The Balaban J connectivity index is 2.28. The summed E-state index contributed by atoms with van der Waals surface area (Å²) in [6.07, 6.45) is 3.47. The zero-order valence-electron chi connectivity index (χ0n) is 7.54. The number of hydrogen-bond acceptors (Lipinski definition) is 3. The van der Waals surface area contributed by atoms with E-state index in [1.54, 1.807) is 0 Å². The molecule has 4 heteroatoms. The molecule has 1 aliphatic carbocycles. The van der Waals surface area contributed by atoms with Crippen molar-refractivity contribution in [1.82, 2.24) is 0 Å². The van der Waals surface area contributed by atoms with E-state index in [4.69, 9.17) is 21.4 Å². The smallest absolute Gasteiger partial charge is 0.310 e. The van der Waals surface area contributed by atoms with Gasteiger partial charge in [0.1, 0.15) is 0 Å². The number of aliphatic hydroxyl groups excluding tert-OH is 1. The van der Waals surface area contributed by atoms with Crippen molar-refractivity contribution in [2.75, 3.05) is 12.7 Å². The summed E-state index contributed by atoms with van der Waals surface area (Å²) in [5, 5.41) is 8.88. The van der Waals surface area contributed by atoms with Gasteiger partial charge in [-0.3, -0.25) is 4.79 Å². The van der Waals surface area contributed by atoms with Gasteiger partial charge in [0.15, 0.2) is 6.07 Å². The van der Waals surface area contributed by atoms with E-state index in [1.165, 1.54) is 0 Å². The fraction of sp³-hybridized carbons (Fsp3) is 0.889. The van der Waals surface area contributed by atoms with Gasteiger partial charge in [-0.15, -0.1) is 0 Å². The molecule has 0 amide bonds. The van der Waals surface area contributed by atoms with E-state index in [0.29, 0.717) is 5.92 Å². The van der Waals surface area contributed by atoms with Gasteiger partial charge in [0.05, 0.1) is 5.92 Å². The predicted molar refractivity (Wildman–Crippen MR) is 49.3 cm³/mol. The second-order valence-corrected chi connectivity index (χ2v) is 3.69. The second kappa shape index (κ2) is 5.45. The van der Waals surface area contributed by atoms with Gasteiger partial charge >= 0.3 is 5.97 Å². The number of esters is 1. The predicted octanol–water partition coefficient (Wildman–Crippen LogP) is 1.52. The molecule has 0 heterocycles. The highest BCUT2D eigenvalue weighted by Crippen LogP contribution is 2.29. The van der Waals surface area contributed by atoms with Crippen LogP contribution in [0.3, 0.4) is 0 Å². The van der Waals surface area contributed by atoms with E-state index in [2.05, 4.69) is 0 Å². The molecule has 1 aliphatic rings. The van der Waals surface area contributed by atoms with Crippen LogP contribution in [-0.2, 0) is 9.53 Å². The zero-order chi connectivity index (χ0) is 9.68. The summed E-state index contributed by atoms with van der Waals surface area (Å²) in [6.45, 7) is 0.233. The van der Waals surface area contributed by atoms with Crippen LogP contribution in [0.15, 0.2) is 0 Å². The Bertz CT molecular complexity index is 164. The van der Waals surface area contributed by atoms with Gasteiger partial charge in [0.2, 0.25) is 0 Å². The van der Waals surface area contributed by atoms with Crippen molar-refractivity contribution in [3.8, 4) is 0 Å². The largest absolute Gasteiger partial charge is 0.449 e. The molecule has 0 aliphatic heterocycles. The maximum atomic E-state index is 11.2. The number of hydrogen-bond donors (Lipinski definition) is 1. The first-order chi connectivity index (χ1) is 6.27. The highest BCUT2D eigenvalue weighted by atomic mass is 35.5. The molecular formula is C9H15ClO3. The number of carbonyl (C=O) groups is 1. The fourth-order valence-corrected chi connectivity index (χ4v) is 1.86. The maximum absolute atomic E-state index is 11.2. The van der Waals surface area contributed by atoms with Crippen LogP contribution in [0.25, 0.3) is 0 Å². The third kappa shape index (κ3) is 3.16. The molecular weight excluding hydrogens is 192 g/mol. The van der Waals surface area contributed by atoms with Crippen LogP contribution in [0.2, 0.25) is 0 Å². The van der Waals surface area contributed by atoms with E-state index in [0.717, 1.165) is 25.7 Å². The van der Waals surface area contributed by atoms with Crippen molar-refractivity contribution >= 4 is 17.6 Å². The summed E-state index contributed by atoms with van der Waals surface area (Å²) in [5.74, 6) is 0.188. The minimum absolute atomic E-state index is 0.00144. The number of rotatable bonds is 3. The molecule has 1 N–H and O–H groups in total. The van der Waals surface area contributed by atoms with Crippen LogP contribution in [-0.4, -0.2) is 23.7 Å². The molecule has 0 saturated heterocycles. The zero-order valence-corrected chi connectivity index (χ0v) is 8.29. The SMILES string of the molecule is O=C(OCCl)C1CCC(CO)CC1. The van der Waals surface area contributed by atoms with Crippen LogP contribution in [0.4, 0.5) is 0 Å². The third-order valence-electron chi connectivity index (χ3n) is 2.64. The molecule has 13 heavy (non-hydrogen) atoms. The summed E-state index contributed by atoms with van der Waals surface area (Å²) in [7, 11) is 0. The monoisotopic (exact) mass is 206 g/mol. The minimum Gasteiger partial charge on any atom is -0.449 e. The van der Waals surface area contributed by atoms with Crippen LogP contribution in [0, 0.1) is 11.8 Å². The molecule has 3 nitrogen and oxygen atoms in total. The van der Waals surface area contributed by atoms with Crippen molar-refractivity contribution in [3.05, 3.63) is 0 Å². The van der Waals surface area contributed by atoms with Crippen LogP contribution < -0.4 is 0 Å².